The fourth-order valence-corrected chi connectivity index (χ4v) is 4.09. The summed E-state index contributed by atoms with van der Waals surface area (Å²) in [6.07, 6.45) is 11.7. The van der Waals surface area contributed by atoms with Crippen LogP contribution in [0.5, 0.6) is 0 Å². The van der Waals surface area contributed by atoms with Gasteiger partial charge in [0.15, 0.2) is 0 Å². The van der Waals surface area contributed by atoms with Gasteiger partial charge in [0.2, 0.25) is 0 Å². The summed E-state index contributed by atoms with van der Waals surface area (Å²) >= 11 is 0. The van der Waals surface area contributed by atoms with Crippen LogP contribution in [0.2, 0.25) is 0 Å². The quantitative estimate of drug-likeness (QED) is 0.807. The van der Waals surface area contributed by atoms with Gasteiger partial charge in [-0.2, -0.15) is 0 Å². The summed E-state index contributed by atoms with van der Waals surface area (Å²) in [7, 11) is 0. The minimum Gasteiger partial charge on any atom is -0.317 e. The maximum Gasteiger partial charge on any atom is 0.0101 e. The molecule has 2 nitrogen and oxygen atoms in total. The van der Waals surface area contributed by atoms with Crippen molar-refractivity contribution >= 4 is 0 Å². The Balaban J connectivity index is 1.54. The summed E-state index contributed by atoms with van der Waals surface area (Å²) in [5.74, 6) is 2.01. The Hall–Kier alpha value is -0.0800. The Kier molecular flexibility index (Phi) is 4.25. The summed E-state index contributed by atoms with van der Waals surface area (Å²) in [5.41, 5.74) is 0. The van der Waals surface area contributed by atoms with E-state index in [0.717, 1.165) is 23.9 Å². The van der Waals surface area contributed by atoms with E-state index in [9.17, 15) is 0 Å². The molecule has 0 amide bonds. The molecule has 2 unspecified atom stereocenters. The van der Waals surface area contributed by atoms with Gasteiger partial charge in [0.25, 0.3) is 0 Å². The van der Waals surface area contributed by atoms with Crippen LogP contribution in [0.3, 0.4) is 0 Å². The van der Waals surface area contributed by atoms with Gasteiger partial charge in [-0.25, -0.2) is 0 Å². The first-order valence-corrected chi connectivity index (χ1v) is 8.33. The molecule has 104 valence electrons. The molecule has 0 bridgehead atoms. The van der Waals surface area contributed by atoms with Gasteiger partial charge in [0.1, 0.15) is 0 Å². The first kappa shape index (κ1) is 12.9. The first-order chi connectivity index (χ1) is 8.86. The zero-order valence-corrected chi connectivity index (χ0v) is 12.0. The van der Waals surface area contributed by atoms with Crippen LogP contribution in [0.15, 0.2) is 0 Å². The molecule has 2 saturated carbocycles. The largest absolute Gasteiger partial charge is 0.317 e. The van der Waals surface area contributed by atoms with E-state index in [4.69, 9.17) is 0 Å². The highest BCUT2D eigenvalue weighted by Crippen LogP contribution is 2.38. The predicted octanol–water partition coefficient (Wildman–Crippen LogP) is 3.03. The van der Waals surface area contributed by atoms with E-state index >= 15 is 0 Å². The number of rotatable bonds is 5. The van der Waals surface area contributed by atoms with Crippen LogP contribution >= 0.6 is 0 Å². The lowest BCUT2D eigenvalue weighted by Gasteiger charge is -2.34. The van der Waals surface area contributed by atoms with E-state index in [-0.39, 0.29) is 0 Å². The maximum absolute atomic E-state index is 3.50. The molecule has 0 spiro atoms. The average Bonchev–Trinajstić information content (AvgIpc) is 3.14. The van der Waals surface area contributed by atoms with Gasteiger partial charge < -0.3 is 5.32 Å². The molecular formula is C16H30N2. The van der Waals surface area contributed by atoms with Crippen molar-refractivity contribution in [2.75, 3.05) is 19.6 Å². The van der Waals surface area contributed by atoms with Crippen LogP contribution < -0.4 is 5.32 Å². The molecule has 18 heavy (non-hydrogen) atoms. The molecule has 0 radical (unpaired) electrons. The smallest absolute Gasteiger partial charge is 0.0101 e. The topological polar surface area (TPSA) is 15.3 Å². The minimum absolute atomic E-state index is 0.942. The fraction of sp³-hybridized carbons (Fsp3) is 1.00. The summed E-state index contributed by atoms with van der Waals surface area (Å²) in [6.45, 7) is 6.30. The van der Waals surface area contributed by atoms with E-state index < -0.39 is 0 Å². The number of hydrogen-bond acceptors (Lipinski definition) is 2. The third-order valence-electron chi connectivity index (χ3n) is 5.50. The van der Waals surface area contributed by atoms with Crippen LogP contribution in [-0.4, -0.2) is 36.6 Å². The molecule has 2 atom stereocenters. The molecule has 1 N–H and O–H groups in total. The van der Waals surface area contributed by atoms with Gasteiger partial charge in [-0.15, -0.1) is 0 Å². The summed E-state index contributed by atoms with van der Waals surface area (Å²) < 4.78 is 0. The van der Waals surface area contributed by atoms with Gasteiger partial charge in [0.05, 0.1) is 0 Å². The van der Waals surface area contributed by atoms with Gasteiger partial charge in [-0.05, 0) is 69.9 Å². The Morgan fingerprint density at radius 2 is 1.61 bits per heavy atom. The van der Waals surface area contributed by atoms with Crippen LogP contribution in [0.4, 0.5) is 0 Å². The molecule has 0 aromatic heterocycles. The lowest BCUT2D eigenvalue weighted by Crippen LogP contribution is -2.42. The van der Waals surface area contributed by atoms with Crippen LogP contribution in [0.25, 0.3) is 0 Å². The van der Waals surface area contributed by atoms with Gasteiger partial charge in [0, 0.05) is 18.6 Å². The number of piperidine rings is 1. The molecule has 2 aliphatic carbocycles. The van der Waals surface area contributed by atoms with Crippen molar-refractivity contribution in [3.8, 4) is 0 Å². The van der Waals surface area contributed by atoms with Crippen molar-refractivity contribution in [3.05, 3.63) is 0 Å². The number of nitrogens with one attached hydrogen (secondary N) is 1. The molecule has 3 aliphatic rings. The fourth-order valence-electron chi connectivity index (χ4n) is 4.09. The van der Waals surface area contributed by atoms with E-state index in [1.165, 1.54) is 71.0 Å². The lowest BCUT2D eigenvalue weighted by molar-refractivity contribution is 0.141. The zero-order valence-electron chi connectivity index (χ0n) is 12.0. The second kappa shape index (κ2) is 5.92. The third-order valence-corrected chi connectivity index (χ3v) is 5.50. The van der Waals surface area contributed by atoms with Crippen molar-refractivity contribution in [1.29, 1.82) is 0 Å². The molecule has 2 heteroatoms. The van der Waals surface area contributed by atoms with E-state index in [0.29, 0.717) is 0 Å². The molecule has 0 aromatic rings. The molecule has 1 heterocycles. The Labute approximate surface area is 113 Å². The van der Waals surface area contributed by atoms with E-state index in [2.05, 4.69) is 17.1 Å². The number of hydrogen-bond donors (Lipinski definition) is 1. The maximum atomic E-state index is 3.50. The zero-order chi connectivity index (χ0) is 12.4. The van der Waals surface area contributed by atoms with Crippen molar-refractivity contribution in [1.82, 2.24) is 10.2 Å². The average molecular weight is 250 g/mol. The Bertz CT molecular complexity index is 256. The predicted molar refractivity (Wildman–Crippen MR) is 76.7 cm³/mol. The highest BCUT2D eigenvalue weighted by molar-refractivity contribution is 4.93. The van der Waals surface area contributed by atoms with Crippen LogP contribution in [-0.2, 0) is 0 Å². The lowest BCUT2D eigenvalue weighted by atomic mass is 9.96. The van der Waals surface area contributed by atoms with Gasteiger partial charge in [-0.3, -0.25) is 4.90 Å². The SMILES string of the molecule is CCC1CCC(N(CC2CCNCC2)C2CC2)C1. The van der Waals surface area contributed by atoms with Crippen LogP contribution in [0, 0.1) is 11.8 Å². The standard InChI is InChI=1S/C16H30N2/c1-2-13-3-4-16(11-13)18(15-5-6-15)12-14-7-9-17-10-8-14/h13-17H,2-12H2,1H3. The normalized spacial score (nSPS) is 34.3. The van der Waals surface area contributed by atoms with Crippen molar-refractivity contribution in [3.63, 3.8) is 0 Å². The molecule has 1 saturated heterocycles. The van der Waals surface area contributed by atoms with Crippen LogP contribution in [0.1, 0.15) is 58.3 Å². The first-order valence-electron chi connectivity index (χ1n) is 8.33. The van der Waals surface area contributed by atoms with Crippen molar-refractivity contribution < 1.29 is 0 Å². The second-order valence-corrected chi connectivity index (χ2v) is 6.86. The summed E-state index contributed by atoms with van der Waals surface area (Å²) in [5, 5.41) is 3.50. The summed E-state index contributed by atoms with van der Waals surface area (Å²) in [6, 6.07) is 1.91. The molecule has 1 aliphatic heterocycles. The van der Waals surface area contributed by atoms with Crippen molar-refractivity contribution in [2.45, 2.75) is 70.4 Å². The minimum atomic E-state index is 0.942. The Morgan fingerprint density at radius 1 is 0.889 bits per heavy atom. The highest BCUT2D eigenvalue weighted by atomic mass is 15.2. The van der Waals surface area contributed by atoms with Gasteiger partial charge >= 0.3 is 0 Å². The number of nitrogens with zero attached hydrogens (tertiary/aromatic N) is 1. The molecule has 3 rings (SSSR count). The van der Waals surface area contributed by atoms with E-state index in [1.807, 2.05) is 0 Å². The van der Waals surface area contributed by atoms with Crippen molar-refractivity contribution in [2.24, 2.45) is 11.8 Å². The molecular weight excluding hydrogens is 220 g/mol. The monoisotopic (exact) mass is 250 g/mol. The molecule has 3 fully saturated rings. The van der Waals surface area contributed by atoms with E-state index in [1.54, 1.807) is 0 Å². The highest BCUT2D eigenvalue weighted by Gasteiger charge is 2.38. The second-order valence-electron chi connectivity index (χ2n) is 6.86. The summed E-state index contributed by atoms with van der Waals surface area (Å²) in [4.78, 5) is 2.94. The third kappa shape index (κ3) is 3.08. The van der Waals surface area contributed by atoms with Gasteiger partial charge in [-0.1, -0.05) is 13.3 Å². The Morgan fingerprint density at radius 3 is 2.22 bits per heavy atom. The molecule has 0 aromatic carbocycles.